The van der Waals surface area contributed by atoms with Gasteiger partial charge < -0.3 is 10.2 Å². The average molecular weight is 382 g/mol. The third kappa shape index (κ3) is 4.07. The van der Waals surface area contributed by atoms with Crippen LogP contribution in [0.1, 0.15) is 28.1 Å². The summed E-state index contributed by atoms with van der Waals surface area (Å²) in [7, 11) is 0. The van der Waals surface area contributed by atoms with Crippen LogP contribution < -0.4 is 5.32 Å². The smallest absolute Gasteiger partial charge is 0.256 e. The highest BCUT2D eigenvalue weighted by Gasteiger charge is 2.27. The lowest BCUT2D eigenvalue weighted by atomic mass is 10.0. The molecule has 1 fully saturated rings. The Kier molecular flexibility index (Phi) is 5.61. The molecule has 0 saturated carbocycles. The Hall–Kier alpha value is -2.35. The lowest BCUT2D eigenvalue weighted by molar-refractivity contribution is -0.121. The SMILES string of the molecule is O=C(Cc1cccs1)NC1CCN(C(=O)c2ccc(F)c(F)c2F)CC1. The minimum atomic E-state index is -1.65. The average Bonchev–Trinajstić information content (AvgIpc) is 3.13. The summed E-state index contributed by atoms with van der Waals surface area (Å²) in [5.41, 5.74) is -0.482. The number of likely N-dealkylation sites (tertiary alicyclic amines) is 1. The van der Waals surface area contributed by atoms with Crippen molar-refractivity contribution in [3.05, 3.63) is 57.5 Å². The molecular weight excluding hydrogens is 365 g/mol. The molecule has 8 heteroatoms. The summed E-state index contributed by atoms with van der Waals surface area (Å²) in [6.07, 6.45) is 1.36. The second kappa shape index (κ2) is 7.90. The zero-order chi connectivity index (χ0) is 18.7. The number of halogens is 3. The number of thiophene rings is 1. The number of carbonyl (C=O) groups is 2. The number of hydrogen-bond acceptors (Lipinski definition) is 3. The van der Waals surface area contributed by atoms with Gasteiger partial charge in [0.05, 0.1) is 12.0 Å². The Bertz CT molecular complexity index is 803. The van der Waals surface area contributed by atoms with Gasteiger partial charge in [0.2, 0.25) is 5.91 Å². The van der Waals surface area contributed by atoms with Gasteiger partial charge in [0.15, 0.2) is 17.5 Å². The quantitative estimate of drug-likeness (QED) is 0.826. The number of nitrogens with one attached hydrogen (secondary N) is 1. The zero-order valence-corrected chi connectivity index (χ0v) is 14.6. The molecule has 1 aliphatic heterocycles. The second-order valence-electron chi connectivity index (χ2n) is 6.11. The van der Waals surface area contributed by atoms with Crippen LogP contribution in [-0.2, 0) is 11.2 Å². The molecule has 26 heavy (non-hydrogen) atoms. The molecule has 1 N–H and O–H groups in total. The largest absolute Gasteiger partial charge is 0.353 e. The van der Waals surface area contributed by atoms with E-state index in [0.717, 1.165) is 17.0 Å². The molecule has 0 aliphatic carbocycles. The minimum Gasteiger partial charge on any atom is -0.353 e. The molecule has 1 aromatic heterocycles. The van der Waals surface area contributed by atoms with Gasteiger partial charge in [-0.25, -0.2) is 13.2 Å². The molecule has 1 aliphatic rings. The van der Waals surface area contributed by atoms with Gasteiger partial charge >= 0.3 is 0 Å². The topological polar surface area (TPSA) is 49.4 Å². The molecule has 4 nitrogen and oxygen atoms in total. The van der Waals surface area contributed by atoms with Crippen LogP contribution in [0.4, 0.5) is 13.2 Å². The fourth-order valence-corrected chi connectivity index (χ4v) is 3.64. The van der Waals surface area contributed by atoms with E-state index in [-0.39, 0.29) is 11.9 Å². The number of hydrogen-bond donors (Lipinski definition) is 1. The van der Waals surface area contributed by atoms with Crippen molar-refractivity contribution in [3.63, 3.8) is 0 Å². The molecule has 3 rings (SSSR count). The predicted octanol–water partition coefficient (Wildman–Crippen LogP) is 3.13. The van der Waals surface area contributed by atoms with Crippen LogP contribution in [0.2, 0.25) is 0 Å². The number of carbonyl (C=O) groups excluding carboxylic acids is 2. The van der Waals surface area contributed by atoms with E-state index in [1.807, 2.05) is 17.5 Å². The molecule has 2 aromatic rings. The third-order valence-corrected chi connectivity index (χ3v) is 5.20. The van der Waals surface area contributed by atoms with Crippen LogP contribution in [0.3, 0.4) is 0 Å². The molecule has 0 unspecified atom stereocenters. The molecule has 0 radical (unpaired) electrons. The summed E-state index contributed by atoms with van der Waals surface area (Å²) in [6, 6.07) is 5.39. The Morgan fingerprint density at radius 3 is 2.50 bits per heavy atom. The van der Waals surface area contributed by atoms with Crippen molar-refractivity contribution in [2.75, 3.05) is 13.1 Å². The van der Waals surface area contributed by atoms with Crippen LogP contribution in [0.5, 0.6) is 0 Å². The van der Waals surface area contributed by atoms with Gasteiger partial charge in [-0.3, -0.25) is 9.59 Å². The van der Waals surface area contributed by atoms with E-state index in [1.54, 1.807) is 0 Å². The highest BCUT2D eigenvalue weighted by molar-refractivity contribution is 7.10. The number of piperidine rings is 1. The maximum atomic E-state index is 13.8. The van der Waals surface area contributed by atoms with E-state index in [9.17, 15) is 22.8 Å². The van der Waals surface area contributed by atoms with Gasteiger partial charge in [0.1, 0.15) is 0 Å². The third-order valence-electron chi connectivity index (χ3n) is 4.33. The zero-order valence-electron chi connectivity index (χ0n) is 13.8. The van der Waals surface area contributed by atoms with E-state index >= 15 is 0 Å². The molecule has 0 atom stereocenters. The van der Waals surface area contributed by atoms with Crippen LogP contribution in [0.25, 0.3) is 0 Å². The number of nitrogens with zero attached hydrogens (tertiary/aromatic N) is 1. The normalized spacial score (nSPS) is 15.1. The van der Waals surface area contributed by atoms with Gasteiger partial charge in [-0.05, 0) is 36.4 Å². The summed E-state index contributed by atoms with van der Waals surface area (Å²) in [4.78, 5) is 26.7. The molecule has 1 aromatic carbocycles. The summed E-state index contributed by atoms with van der Waals surface area (Å²) < 4.78 is 40.1. The maximum absolute atomic E-state index is 13.8. The summed E-state index contributed by atoms with van der Waals surface area (Å²) in [6.45, 7) is 0.614. The highest BCUT2D eigenvalue weighted by atomic mass is 32.1. The lowest BCUT2D eigenvalue weighted by Gasteiger charge is -2.32. The minimum absolute atomic E-state index is 0.0682. The summed E-state index contributed by atoms with van der Waals surface area (Å²) >= 11 is 1.51. The monoisotopic (exact) mass is 382 g/mol. The first kappa shape index (κ1) is 18.4. The molecule has 0 spiro atoms. The Labute approximate surface area is 152 Å². The van der Waals surface area contributed by atoms with Crippen LogP contribution in [0, 0.1) is 17.5 Å². The van der Waals surface area contributed by atoms with Crippen LogP contribution >= 0.6 is 11.3 Å². The van der Waals surface area contributed by atoms with Gasteiger partial charge in [0.25, 0.3) is 5.91 Å². The number of rotatable bonds is 4. The molecule has 2 heterocycles. The standard InChI is InChI=1S/C18H17F3N2O2S/c19-14-4-3-13(16(20)17(14)21)18(25)23-7-5-11(6-8-23)22-15(24)10-12-2-1-9-26-12/h1-4,9,11H,5-8,10H2,(H,22,24). The van der Waals surface area contributed by atoms with E-state index < -0.39 is 28.9 Å². The molecule has 2 amide bonds. The van der Waals surface area contributed by atoms with Crippen molar-refractivity contribution in [1.29, 1.82) is 0 Å². The van der Waals surface area contributed by atoms with Gasteiger partial charge in [-0.15, -0.1) is 11.3 Å². The first-order valence-electron chi connectivity index (χ1n) is 8.20. The summed E-state index contributed by atoms with van der Waals surface area (Å²) in [5.74, 6) is -5.20. The first-order valence-corrected chi connectivity index (χ1v) is 9.08. The molecule has 1 saturated heterocycles. The van der Waals surface area contributed by atoms with Gasteiger partial charge in [-0.1, -0.05) is 6.07 Å². The molecule has 0 bridgehead atoms. The maximum Gasteiger partial charge on any atom is 0.256 e. The molecular formula is C18H17F3N2O2S. The second-order valence-corrected chi connectivity index (χ2v) is 7.15. The van der Waals surface area contributed by atoms with Crippen LogP contribution in [-0.4, -0.2) is 35.8 Å². The predicted molar refractivity (Wildman–Crippen MR) is 91.4 cm³/mol. The fourth-order valence-electron chi connectivity index (χ4n) is 2.94. The van der Waals surface area contributed by atoms with Crippen molar-refractivity contribution in [1.82, 2.24) is 10.2 Å². The fraction of sp³-hybridized carbons (Fsp3) is 0.333. The Morgan fingerprint density at radius 2 is 1.85 bits per heavy atom. The van der Waals surface area contributed by atoms with Crippen molar-refractivity contribution in [2.45, 2.75) is 25.3 Å². The Balaban J connectivity index is 1.54. The number of benzene rings is 1. The summed E-state index contributed by atoms with van der Waals surface area (Å²) in [5, 5.41) is 4.84. The van der Waals surface area contributed by atoms with E-state index in [0.29, 0.717) is 32.4 Å². The first-order chi connectivity index (χ1) is 12.5. The van der Waals surface area contributed by atoms with Crippen molar-refractivity contribution < 1.29 is 22.8 Å². The molecule has 138 valence electrons. The van der Waals surface area contributed by atoms with E-state index in [1.165, 1.54) is 16.2 Å². The van der Waals surface area contributed by atoms with E-state index in [2.05, 4.69) is 5.32 Å². The Morgan fingerprint density at radius 1 is 1.12 bits per heavy atom. The number of amides is 2. The highest BCUT2D eigenvalue weighted by Crippen LogP contribution is 2.20. The van der Waals surface area contributed by atoms with Crippen molar-refractivity contribution in [2.24, 2.45) is 0 Å². The lowest BCUT2D eigenvalue weighted by Crippen LogP contribution is -2.47. The van der Waals surface area contributed by atoms with Gasteiger partial charge in [-0.2, -0.15) is 0 Å². The van der Waals surface area contributed by atoms with Crippen molar-refractivity contribution >= 4 is 23.2 Å². The van der Waals surface area contributed by atoms with E-state index in [4.69, 9.17) is 0 Å². The van der Waals surface area contributed by atoms with Crippen LogP contribution in [0.15, 0.2) is 29.6 Å². The van der Waals surface area contributed by atoms with Crippen molar-refractivity contribution in [3.8, 4) is 0 Å². The van der Waals surface area contributed by atoms with Gasteiger partial charge in [0, 0.05) is 24.0 Å².